The molecule has 0 saturated heterocycles. The molecule has 4 heteroatoms. The lowest BCUT2D eigenvalue weighted by molar-refractivity contribution is -0.117. The minimum absolute atomic E-state index is 0.170. The predicted octanol–water partition coefficient (Wildman–Crippen LogP) is 2.04. The minimum atomic E-state index is -0.399. The maximum absolute atomic E-state index is 10.5. The third kappa shape index (κ3) is 3.95. The molecule has 0 heterocycles. The van der Waals surface area contributed by atoms with E-state index in [9.17, 15) is 9.59 Å². The van der Waals surface area contributed by atoms with E-state index in [4.69, 9.17) is 17.3 Å². The smallest absolute Gasteiger partial charge is 0.221 e. The van der Waals surface area contributed by atoms with Crippen molar-refractivity contribution in [2.75, 3.05) is 0 Å². The highest BCUT2D eigenvalue weighted by atomic mass is 35.5. The summed E-state index contributed by atoms with van der Waals surface area (Å²) in [5.41, 5.74) is 6.24. The Morgan fingerprint density at radius 3 is 2.60 bits per heavy atom. The van der Waals surface area contributed by atoms with Crippen molar-refractivity contribution < 1.29 is 9.59 Å². The van der Waals surface area contributed by atoms with Crippen molar-refractivity contribution >= 4 is 29.9 Å². The summed E-state index contributed by atoms with van der Waals surface area (Å²) in [6, 6.07) is 4.95. The molecule has 15 heavy (non-hydrogen) atoms. The molecule has 0 fully saturated rings. The van der Waals surface area contributed by atoms with Crippen molar-refractivity contribution in [2.45, 2.75) is 6.42 Å². The normalized spacial score (nSPS) is 10.5. The Balaban J connectivity index is 2.85. The topological polar surface area (TPSA) is 60.2 Å². The van der Waals surface area contributed by atoms with Crippen molar-refractivity contribution in [3.8, 4) is 0 Å². The number of primary amides is 1. The third-order valence-corrected chi connectivity index (χ3v) is 1.93. The predicted molar refractivity (Wildman–Crippen MR) is 59.7 cm³/mol. The molecule has 0 saturated carbocycles. The molecule has 0 atom stereocenters. The van der Waals surface area contributed by atoms with Crippen LogP contribution in [0.15, 0.2) is 24.3 Å². The van der Waals surface area contributed by atoms with Crippen LogP contribution in [0.5, 0.6) is 0 Å². The molecule has 1 rings (SSSR count). The van der Waals surface area contributed by atoms with Gasteiger partial charge in [0.2, 0.25) is 5.91 Å². The van der Waals surface area contributed by atoms with Gasteiger partial charge in [0.25, 0.3) is 0 Å². The first-order valence-corrected chi connectivity index (χ1v) is 4.70. The summed E-state index contributed by atoms with van der Waals surface area (Å²) in [5, 5.41) is 0.485. The molecule has 78 valence electrons. The summed E-state index contributed by atoms with van der Waals surface area (Å²) in [4.78, 5) is 21.0. The Kier molecular flexibility index (Phi) is 4.06. The fourth-order valence-electron chi connectivity index (χ4n) is 1.11. The Hall–Kier alpha value is -1.61. The standard InChI is InChI=1S/C11H10ClNO2/c12-10-5-8(2-1-3-11(13)15)4-9(6-10)7-14/h1-2,4-7H,3H2,(H2,13,15). The molecule has 0 unspecified atom stereocenters. The van der Waals surface area contributed by atoms with Crippen LogP contribution in [0.2, 0.25) is 5.02 Å². The summed E-state index contributed by atoms with van der Waals surface area (Å²) in [6.45, 7) is 0. The van der Waals surface area contributed by atoms with Crippen LogP contribution in [0.25, 0.3) is 6.08 Å². The summed E-state index contributed by atoms with van der Waals surface area (Å²) in [5.74, 6) is -0.399. The maximum atomic E-state index is 10.5. The van der Waals surface area contributed by atoms with Gasteiger partial charge >= 0.3 is 0 Å². The summed E-state index contributed by atoms with van der Waals surface area (Å²) >= 11 is 5.79. The number of halogens is 1. The van der Waals surface area contributed by atoms with Gasteiger partial charge in [-0.25, -0.2) is 0 Å². The number of carbonyl (C=O) groups is 2. The fourth-order valence-corrected chi connectivity index (χ4v) is 1.36. The average molecular weight is 224 g/mol. The van der Waals surface area contributed by atoms with Gasteiger partial charge in [-0.05, 0) is 23.8 Å². The molecule has 0 aliphatic rings. The quantitative estimate of drug-likeness (QED) is 0.794. The zero-order valence-corrected chi connectivity index (χ0v) is 8.70. The van der Waals surface area contributed by atoms with Crippen LogP contribution in [0.4, 0.5) is 0 Å². The number of aldehydes is 1. The first-order chi connectivity index (χ1) is 7.11. The lowest BCUT2D eigenvalue weighted by atomic mass is 10.1. The highest BCUT2D eigenvalue weighted by Gasteiger charge is 1.96. The summed E-state index contributed by atoms with van der Waals surface area (Å²) < 4.78 is 0. The second kappa shape index (κ2) is 5.32. The number of hydrogen-bond acceptors (Lipinski definition) is 2. The van der Waals surface area contributed by atoms with Gasteiger partial charge in [0.15, 0.2) is 0 Å². The molecule has 0 aliphatic carbocycles. The van der Waals surface area contributed by atoms with Crippen LogP contribution in [-0.4, -0.2) is 12.2 Å². The van der Waals surface area contributed by atoms with E-state index in [1.54, 1.807) is 30.4 Å². The molecule has 3 nitrogen and oxygen atoms in total. The molecule has 1 aromatic rings. The number of carbonyl (C=O) groups excluding carboxylic acids is 2. The first-order valence-electron chi connectivity index (χ1n) is 4.32. The number of rotatable bonds is 4. The van der Waals surface area contributed by atoms with Gasteiger partial charge in [-0.2, -0.15) is 0 Å². The Labute approximate surface area is 92.5 Å². The van der Waals surface area contributed by atoms with Crippen molar-refractivity contribution in [3.05, 3.63) is 40.4 Å². The van der Waals surface area contributed by atoms with E-state index >= 15 is 0 Å². The fraction of sp³-hybridized carbons (Fsp3) is 0.0909. The highest BCUT2D eigenvalue weighted by Crippen LogP contribution is 2.15. The summed E-state index contributed by atoms with van der Waals surface area (Å²) in [6.07, 6.45) is 4.21. The lowest BCUT2D eigenvalue weighted by Crippen LogP contribution is -2.07. The number of hydrogen-bond donors (Lipinski definition) is 1. The van der Waals surface area contributed by atoms with Crippen LogP contribution in [0.1, 0.15) is 22.3 Å². The van der Waals surface area contributed by atoms with Gasteiger partial charge < -0.3 is 5.73 Å². The largest absolute Gasteiger partial charge is 0.369 e. The van der Waals surface area contributed by atoms with E-state index in [0.29, 0.717) is 10.6 Å². The van der Waals surface area contributed by atoms with Crippen LogP contribution in [0.3, 0.4) is 0 Å². The van der Waals surface area contributed by atoms with E-state index < -0.39 is 5.91 Å². The van der Waals surface area contributed by atoms with Crippen LogP contribution < -0.4 is 5.73 Å². The number of amides is 1. The molecular weight excluding hydrogens is 214 g/mol. The van der Waals surface area contributed by atoms with E-state index in [1.807, 2.05) is 0 Å². The first kappa shape index (κ1) is 11.5. The van der Waals surface area contributed by atoms with Gasteiger partial charge in [0.05, 0.1) is 0 Å². The van der Waals surface area contributed by atoms with E-state index in [-0.39, 0.29) is 6.42 Å². The number of benzene rings is 1. The molecule has 0 radical (unpaired) electrons. The molecule has 1 aromatic carbocycles. The minimum Gasteiger partial charge on any atom is -0.369 e. The van der Waals surface area contributed by atoms with Gasteiger partial charge in [-0.3, -0.25) is 9.59 Å². The zero-order chi connectivity index (χ0) is 11.3. The number of nitrogens with two attached hydrogens (primary N) is 1. The highest BCUT2D eigenvalue weighted by molar-refractivity contribution is 6.31. The van der Waals surface area contributed by atoms with Crippen LogP contribution >= 0.6 is 11.6 Å². The maximum Gasteiger partial charge on any atom is 0.221 e. The SMILES string of the molecule is NC(=O)CC=Cc1cc(Cl)cc(C=O)c1. The van der Waals surface area contributed by atoms with Crippen molar-refractivity contribution in [2.24, 2.45) is 5.73 Å². The van der Waals surface area contributed by atoms with Crippen molar-refractivity contribution in [1.82, 2.24) is 0 Å². The molecule has 0 aliphatic heterocycles. The average Bonchev–Trinajstić information content (AvgIpc) is 2.16. The Morgan fingerprint density at radius 2 is 2.00 bits per heavy atom. The molecule has 1 amide bonds. The summed E-state index contributed by atoms with van der Waals surface area (Å²) in [7, 11) is 0. The van der Waals surface area contributed by atoms with Crippen LogP contribution in [0, 0.1) is 0 Å². The van der Waals surface area contributed by atoms with E-state index in [2.05, 4.69) is 0 Å². The second-order valence-corrected chi connectivity index (χ2v) is 3.44. The van der Waals surface area contributed by atoms with E-state index in [1.165, 1.54) is 0 Å². The Morgan fingerprint density at radius 1 is 1.33 bits per heavy atom. The van der Waals surface area contributed by atoms with Crippen molar-refractivity contribution in [1.29, 1.82) is 0 Å². The van der Waals surface area contributed by atoms with Crippen LogP contribution in [-0.2, 0) is 4.79 Å². The zero-order valence-electron chi connectivity index (χ0n) is 7.94. The lowest BCUT2D eigenvalue weighted by Gasteiger charge is -1.97. The molecule has 2 N–H and O–H groups in total. The van der Waals surface area contributed by atoms with Gasteiger partial charge in [0.1, 0.15) is 6.29 Å². The van der Waals surface area contributed by atoms with E-state index in [0.717, 1.165) is 11.8 Å². The third-order valence-electron chi connectivity index (χ3n) is 1.71. The molecule has 0 aromatic heterocycles. The van der Waals surface area contributed by atoms with Gasteiger partial charge in [-0.15, -0.1) is 0 Å². The van der Waals surface area contributed by atoms with Gasteiger partial charge in [0, 0.05) is 17.0 Å². The van der Waals surface area contributed by atoms with Gasteiger partial charge in [-0.1, -0.05) is 23.8 Å². The monoisotopic (exact) mass is 223 g/mol. The molecule has 0 spiro atoms. The molecule has 0 bridgehead atoms. The second-order valence-electron chi connectivity index (χ2n) is 3.01. The van der Waals surface area contributed by atoms with Crippen molar-refractivity contribution in [3.63, 3.8) is 0 Å². The Bertz CT molecular complexity index is 413. The molecular formula is C11H10ClNO2.